The number of hydrogen-bond acceptors (Lipinski definition) is 34. The molecular weight excluding hydrogens is 1120 g/mol. The number of nitrogens with one attached hydrogen (secondary N) is 2. The van der Waals surface area contributed by atoms with Crippen molar-refractivity contribution in [3.8, 4) is 0 Å². The second kappa shape index (κ2) is 28.7. The van der Waals surface area contributed by atoms with Crippen molar-refractivity contribution in [3.63, 3.8) is 0 Å². The average Bonchev–Trinajstić information content (AvgIpc) is 2.90. The highest BCUT2D eigenvalue weighted by molar-refractivity contribution is 5.73. The van der Waals surface area contributed by atoms with E-state index in [9.17, 15) is 107 Å². The van der Waals surface area contributed by atoms with E-state index in [1.807, 2.05) is 0 Å². The van der Waals surface area contributed by atoms with Crippen molar-refractivity contribution in [1.82, 2.24) is 10.6 Å². The van der Waals surface area contributed by atoms with Crippen LogP contribution in [-0.2, 0) is 71.2 Å². The van der Waals surface area contributed by atoms with Crippen LogP contribution in [0.3, 0.4) is 0 Å². The van der Waals surface area contributed by atoms with Gasteiger partial charge in [0.2, 0.25) is 11.8 Å². The van der Waals surface area contributed by atoms with E-state index in [0.717, 1.165) is 13.8 Å². The van der Waals surface area contributed by atoms with Crippen LogP contribution in [-0.4, -0.2) is 357 Å². The van der Waals surface area contributed by atoms with Crippen molar-refractivity contribution >= 4 is 11.8 Å². The average molecular weight is 1200 g/mol. The van der Waals surface area contributed by atoms with E-state index in [1.165, 1.54) is 13.8 Å². The number of carbonyl (C=O) groups excluding carboxylic acids is 2. The van der Waals surface area contributed by atoms with E-state index in [1.54, 1.807) is 0 Å². The quantitative estimate of drug-likeness (QED) is 0.0571. The number of aliphatic hydroxyl groups is 19. The van der Waals surface area contributed by atoms with E-state index in [0.29, 0.717) is 0 Å². The molecule has 0 aromatic heterocycles. The first-order chi connectivity index (χ1) is 38.6. The van der Waals surface area contributed by atoms with Gasteiger partial charge in [0.15, 0.2) is 44.0 Å². The first kappa shape index (κ1) is 67.2. The molecule has 0 spiro atoms. The smallest absolute Gasteiger partial charge is 0.217 e. The summed E-state index contributed by atoms with van der Waals surface area (Å²) in [7, 11) is 0. The highest BCUT2D eigenvalue weighted by Gasteiger charge is 2.58. The topological polar surface area (TPSA) is 563 Å². The molecule has 36 heteroatoms. The molecule has 0 radical (unpaired) electrons. The van der Waals surface area contributed by atoms with Gasteiger partial charge in [-0.2, -0.15) is 0 Å². The Hall–Kier alpha value is -2.34. The molecular formula is C46H78N2O34. The number of rotatable bonds is 19. The molecule has 7 fully saturated rings. The first-order valence-electron chi connectivity index (χ1n) is 26.3. The lowest BCUT2D eigenvalue weighted by Crippen LogP contribution is -2.71. The molecule has 7 saturated heterocycles. The molecule has 82 heavy (non-hydrogen) atoms. The molecule has 476 valence electrons. The molecule has 0 aromatic carbocycles. The standard InChI is InChI=1S/C46H78N2O34/c1-10-21(54)27(60)31(64)42(72-10)71-9-18-37(38(20(40(69)74-18)48-13(4)53)81-44-33(66)28(61)22(55)11(2)73-44)80-41-19(47-12(3)52)26(59)36(16(7-51)77-41)79-46-35(68)39(82-45-34(67)30(63)24(57)15(6-50)76-45)25(58)17(78-46)8-70-43-32(65)29(62)23(56)14(5-49)75-43/h10-11,14-46,49-51,54-69H,5-9H2,1-4H3,(H,47,52)(H,48,53)/t10-,11-,14+,15+,16+,17+,18+,19+,20+,21+,22+,23+,24+,25+,26+,27+,28+,29-,30-,31-,32-,33-,34-,35-,36+,37+,38+,39-,40+,41-,42+,43-,44+,45+,46-/m0/s1. The summed E-state index contributed by atoms with van der Waals surface area (Å²) in [6, 6.07) is -3.64. The van der Waals surface area contributed by atoms with Crippen molar-refractivity contribution < 1.29 is 168 Å². The molecule has 0 saturated carbocycles. The van der Waals surface area contributed by atoms with E-state index < -0.39 is 260 Å². The number of ether oxygens (including phenoxy) is 13. The highest BCUT2D eigenvalue weighted by Crippen LogP contribution is 2.37. The maximum absolute atomic E-state index is 13.0. The van der Waals surface area contributed by atoms with Crippen molar-refractivity contribution in [1.29, 1.82) is 0 Å². The van der Waals surface area contributed by atoms with Crippen LogP contribution in [0.2, 0.25) is 0 Å². The van der Waals surface area contributed by atoms with Crippen LogP contribution in [0, 0.1) is 0 Å². The molecule has 0 unspecified atom stereocenters. The van der Waals surface area contributed by atoms with Crippen LogP contribution in [0.4, 0.5) is 0 Å². The van der Waals surface area contributed by atoms with E-state index in [4.69, 9.17) is 61.6 Å². The molecule has 0 aromatic rings. The predicted octanol–water partition coefficient (Wildman–Crippen LogP) is -13.9. The van der Waals surface area contributed by atoms with Crippen molar-refractivity contribution in [2.24, 2.45) is 0 Å². The van der Waals surface area contributed by atoms with Crippen molar-refractivity contribution in [2.75, 3.05) is 33.0 Å². The molecule has 0 aliphatic carbocycles. The normalized spacial score (nSPS) is 51.3. The Kier molecular flexibility index (Phi) is 23.5. The molecule has 7 heterocycles. The van der Waals surface area contributed by atoms with Gasteiger partial charge in [-0.1, -0.05) is 0 Å². The van der Waals surface area contributed by atoms with Crippen molar-refractivity contribution in [2.45, 2.75) is 243 Å². The third-order valence-corrected chi connectivity index (χ3v) is 15.2. The number of amides is 2. The molecule has 7 aliphatic heterocycles. The molecule has 7 aliphatic rings. The van der Waals surface area contributed by atoms with Gasteiger partial charge in [0.25, 0.3) is 0 Å². The zero-order valence-corrected chi connectivity index (χ0v) is 44.4. The maximum atomic E-state index is 13.0. The Labute approximate surface area is 465 Å². The van der Waals surface area contributed by atoms with Crippen molar-refractivity contribution in [3.05, 3.63) is 0 Å². The fourth-order valence-electron chi connectivity index (χ4n) is 10.5. The first-order valence-corrected chi connectivity index (χ1v) is 26.3. The summed E-state index contributed by atoms with van der Waals surface area (Å²) in [5, 5.41) is 210. The van der Waals surface area contributed by atoms with Gasteiger partial charge < -0.3 is 169 Å². The second-order valence-corrected chi connectivity index (χ2v) is 21.1. The molecule has 2 amide bonds. The Balaban J connectivity index is 1.21. The minimum absolute atomic E-state index is 0.826. The lowest BCUT2D eigenvalue weighted by atomic mass is 9.93. The molecule has 36 nitrogen and oxygen atoms in total. The summed E-state index contributed by atoms with van der Waals surface area (Å²) in [6.07, 6.45) is -62.0. The highest BCUT2D eigenvalue weighted by atomic mass is 16.8. The maximum Gasteiger partial charge on any atom is 0.217 e. The predicted molar refractivity (Wildman–Crippen MR) is 252 cm³/mol. The largest absolute Gasteiger partial charge is 0.394 e. The summed E-state index contributed by atoms with van der Waals surface area (Å²) in [4.78, 5) is 25.7. The lowest BCUT2D eigenvalue weighted by molar-refractivity contribution is -0.388. The monoisotopic (exact) mass is 1200 g/mol. The summed E-state index contributed by atoms with van der Waals surface area (Å²) in [5.41, 5.74) is 0. The molecule has 35 atom stereocenters. The minimum Gasteiger partial charge on any atom is -0.394 e. The van der Waals surface area contributed by atoms with Crippen LogP contribution in [0.5, 0.6) is 0 Å². The third kappa shape index (κ3) is 14.5. The number of aliphatic hydroxyl groups excluding tert-OH is 19. The van der Waals surface area contributed by atoms with E-state index >= 15 is 0 Å². The SMILES string of the molecule is CC(=O)N[C@@H]1[C@@H](O[C@H]2O[C@@H](C)[C@@H](O)[C@@H](O)[C@@H]2O)[C@H](O[C@@H]2O[C@H](CO)[C@@H](O[C@@H]3O[C@H](CO[C@H]4O[C@H](CO)[C@@H](O)[C@H](O)[C@@H]4O)[C@@H](O)[C@H](O[C@H]4O[C@H](CO)[C@@H](O)[C@H](O)[C@@H]4O)[C@@H]3O)[C@H](O)[C@H]2NC(C)=O)[C@@H](CO[C@@H]2O[C@@H](C)[C@@H](O)[C@@H](O)[C@@H]2O)O[C@H]1O. The second-order valence-electron chi connectivity index (χ2n) is 21.1. The van der Waals surface area contributed by atoms with E-state index in [-0.39, 0.29) is 0 Å². The number of hydrogen-bond donors (Lipinski definition) is 21. The summed E-state index contributed by atoms with van der Waals surface area (Å²) < 4.78 is 75.9. The van der Waals surface area contributed by atoms with Gasteiger partial charge in [0.05, 0.1) is 45.2 Å². The Morgan fingerprint density at radius 1 is 0.341 bits per heavy atom. The summed E-state index contributed by atoms with van der Waals surface area (Å²) >= 11 is 0. The van der Waals surface area contributed by atoms with Gasteiger partial charge in [0.1, 0.15) is 159 Å². The van der Waals surface area contributed by atoms with Crippen LogP contribution >= 0.6 is 0 Å². The lowest BCUT2D eigenvalue weighted by Gasteiger charge is -2.51. The van der Waals surface area contributed by atoms with Gasteiger partial charge in [-0.15, -0.1) is 0 Å². The zero-order valence-electron chi connectivity index (χ0n) is 44.4. The van der Waals surface area contributed by atoms with Gasteiger partial charge in [-0.25, -0.2) is 0 Å². The Bertz CT molecular complexity index is 2030. The molecule has 7 rings (SSSR count). The Morgan fingerprint density at radius 2 is 0.720 bits per heavy atom. The third-order valence-electron chi connectivity index (χ3n) is 15.2. The van der Waals surface area contributed by atoms with Crippen LogP contribution in [0.25, 0.3) is 0 Å². The molecule has 21 N–H and O–H groups in total. The van der Waals surface area contributed by atoms with Crippen LogP contribution in [0.15, 0.2) is 0 Å². The zero-order chi connectivity index (χ0) is 60.5. The summed E-state index contributed by atoms with van der Waals surface area (Å²) in [5.74, 6) is -1.73. The molecule has 0 bridgehead atoms. The van der Waals surface area contributed by atoms with Gasteiger partial charge in [-0.05, 0) is 13.8 Å². The van der Waals surface area contributed by atoms with Gasteiger partial charge in [0, 0.05) is 13.8 Å². The van der Waals surface area contributed by atoms with E-state index in [2.05, 4.69) is 10.6 Å². The number of carbonyl (C=O) groups is 2. The van der Waals surface area contributed by atoms with Gasteiger partial charge >= 0.3 is 0 Å². The van der Waals surface area contributed by atoms with Gasteiger partial charge in [-0.3, -0.25) is 9.59 Å². The fourth-order valence-corrected chi connectivity index (χ4v) is 10.5. The van der Waals surface area contributed by atoms with Crippen LogP contribution in [0.1, 0.15) is 27.7 Å². The summed E-state index contributed by atoms with van der Waals surface area (Å²) in [6.45, 7) is -0.0441. The van der Waals surface area contributed by atoms with Crippen LogP contribution < -0.4 is 10.6 Å². The fraction of sp³-hybridized carbons (Fsp3) is 0.957. The Morgan fingerprint density at radius 3 is 1.24 bits per heavy atom. The minimum atomic E-state index is -2.29.